The van der Waals surface area contributed by atoms with Crippen LogP contribution in [0.2, 0.25) is 5.15 Å². The minimum Gasteiger partial charge on any atom is -0.296 e. The van der Waals surface area contributed by atoms with Gasteiger partial charge >= 0.3 is 0 Å². The number of halogens is 1. The maximum atomic E-state index is 10.5. The highest BCUT2D eigenvalue weighted by Crippen LogP contribution is 2.21. The first-order valence-corrected chi connectivity index (χ1v) is 4.88. The molecule has 0 fully saturated rings. The van der Waals surface area contributed by atoms with Gasteiger partial charge in [0, 0.05) is 4.90 Å². The Hall–Kier alpha value is -0.540. The van der Waals surface area contributed by atoms with Crippen LogP contribution in [-0.2, 0) is 0 Å². The summed E-state index contributed by atoms with van der Waals surface area (Å²) in [6.07, 6.45) is 0.726. The number of hydrogen-bond acceptors (Lipinski definition) is 3. The van der Waals surface area contributed by atoms with Crippen molar-refractivity contribution in [3.8, 4) is 0 Å². The lowest BCUT2D eigenvalue weighted by molar-refractivity contribution is 0.111. The first kappa shape index (κ1) is 9.55. The van der Waals surface area contributed by atoms with E-state index < -0.39 is 0 Å². The van der Waals surface area contributed by atoms with Crippen molar-refractivity contribution in [3.05, 3.63) is 23.0 Å². The lowest BCUT2D eigenvalue weighted by Crippen LogP contribution is -1.90. The predicted molar refractivity (Wildman–Crippen MR) is 51.0 cm³/mol. The Bertz CT molecular complexity index is 290. The maximum Gasteiger partial charge on any atom is 0.169 e. The average Bonchev–Trinajstić information content (AvgIpc) is 2.08. The highest BCUT2D eigenvalue weighted by Gasteiger charge is 2.02. The molecule has 4 heteroatoms. The molecule has 0 spiro atoms. The molecule has 0 saturated heterocycles. The molecule has 0 bridgehead atoms. The second-order valence-corrected chi connectivity index (χ2v) is 3.76. The molecule has 1 aromatic rings. The Morgan fingerprint density at radius 1 is 1.67 bits per heavy atom. The Kier molecular flexibility index (Phi) is 3.56. The van der Waals surface area contributed by atoms with Crippen LogP contribution in [0.3, 0.4) is 0 Å². The molecule has 0 amide bonds. The molecule has 0 aliphatic carbocycles. The molecule has 64 valence electrons. The third-order valence-corrected chi connectivity index (χ3v) is 2.42. The quantitative estimate of drug-likeness (QED) is 0.428. The van der Waals surface area contributed by atoms with Gasteiger partial charge < -0.3 is 0 Å². The molecule has 1 heterocycles. The normalized spacial score (nSPS) is 9.83. The first-order valence-electron chi connectivity index (χ1n) is 3.52. The van der Waals surface area contributed by atoms with Crippen molar-refractivity contribution in [2.24, 2.45) is 0 Å². The van der Waals surface area contributed by atoms with E-state index in [1.165, 1.54) is 0 Å². The minimum absolute atomic E-state index is 0.359. The number of thioether (sulfide) groups is 1. The number of pyridine rings is 1. The fourth-order valence-electron chi connectivity index (χ4n) is 0.799. The summed E-state index contributed by atoms with van der Waals surface area (Å²) < 4.78 is 0. The summed E-state index contributed by atoms with van der Waals surface area (Å²) in [5.41, 5.74) is 0.425. The van der Waals surface area contributed by atoms with Crippen molar-refractivity contribution in [1.29, 1.82) is 0 Å². The van der Waals surface area contributed by atoms with E-state index in [-0.39, 0.29) is 0 Å². The Balaban J connectivity index is 3.02. The third-order valence-electron chi connectivity index (χ3n) is 1.26. The van der Waals surface area contributed by atoms with E-state index in [4.69, 9.17) is 11.6 Å². The average molecular weight is 202 g/mol. The lowest BCUT2D eigenvalue weighted by Gasteiger charge is -2.00. The van der Waals surface area contributed by atoms with Gasteiger partial charge in [-0.25, -0.2) is 4.98 Å². The number of carbonyl (C=O) groups excluding carboxylic acids is 1. The maximum absolute atomic E-state index is 10.5. The van der Waals surface area contributed by atoms with E-state index >= 15 is 0 Å². The number of aromatic nitrogens is 1. The molecule has 0 N–H and O–H groups in total. The fourth-order valence-corrected chi connectivity index (χ4v) is 1.67. The highest BCUT2D eigenvalue weighted by molar-refractivity contribution is 7.99. The van der Waals surface area contributed by atoms with E-state index in [1.807, 2.05) is 13.0 Å². The van der Waals surface area contributed by atoms with E-state index in [1.54, 1.807) is 17.8 Å². The number of nitrogens with zero attached hydrogens (tertiary/aromatic N) is 1. The summed E-state index contributed by atoms with van der Waals surface area (Å²) >= 11 is 7.20. The van der Waals surface area contributed by atoms with Crippen molar-refractivity contribution in [2.45, 2.75) is 11.8 Å². The van der Waals surface area contributed by atoms with Gasteiger partial charge in [-0.15, -0.1) is 11.8 Å². The van der Waals surface area contributed by atoms with Gasteiger partial charge in [0.25, 0.3) is 0 Å². The van der Waals surface area contributed by atoms with Crippen molar-refractivity contribution in [2.75, 3.05) is 5.75 Å². The number of aldehydes is 1. The number of carbonyl (C=O) groups is 1. The molecule has 12 heavy (non-hydrogen) atoms. The standard InChI is InChI=1S/C8H8ClNOS/c1-2-12-7-3-4-8(9)10-6(7)5-11/h3-5H,2H2,1H3. The molecule has 0 unspecified atom stereocenters. The van der Waals surface area contributed by atoms with Gasteiger partial charge in [-0.1, -0.05) is 18.5 Å². The molecule has 0 aliphatic rings. The van der Waals surface area contributed by atoms with Crippen LogP contribution in [-0.4, -0.2) is 17.0 Å². The van der Waals surface area contributed by atoms with Gasteiger partial charge in [0.2, 0.25) is 0 Å². The van der Waals surface area contributed by atoms with Crippen LogP contribution in [0.5, 0.6) is 0 Å². The van der Waals surface area contributed by atoms with Gasteiger partial charge in [-0.2, -0.15) is 0 Å². The van der Waals surface area contributed by atoms with Gasteiger partial charge in [-0.05, 0) is 17.9 Å². The van der Waals surface area contributed by atoms with Crippen LogP contribution >= 0.6 is 23.4 Å². The van der Waals surface area contributed by atoms with Crippen LogP contribution in [0.15, 0.2) is 17.0 Å². The topological polar surface area (TPSA) is 30.0 Å². The van der Waals surface area contributed by atoms with Crippen LogP contribution in [0.4, 0.5) is 0 Å². The van der Waals surface area contributed by atoms with Crippen molar-refractivity contribution >= 4 is 29.6 Å². The zero-order chi connectivity index (χ0) is 8.97. The smallest absolute Gasteiger partial charge is 0.169 e. The molecule has 1 aromatic heterocycles. The molecule has 0 saturated carbocycles. The van der Waals surface area contributed by atoms with E-state index in [2.05, 4.69) is 4.98 Å². The van der Waals surface area contributed by atoms with Gasteiger partial charge in [-0.3, -0.25) is 4.79 Å². The first-order chi connectivity index (χ1) is 5.77. The van der Waals surface area contributed by atoms with Crippen LogP contribution in [0.25, 0.3) is 0 Å². The monoisotopic (exact) mass is 201 g/mol. The highest BCUT2D eigenvalue weighted by atomic mass is 35.5. The Labute approximate surface area is 80.3 Å². The second-order valence-electron chi connectivity index (χ2n) is 2.07. The largest absolute Gasteiger partial charge is 0.296 e. The summed E-state index contributed by atoms with van der Waals surface area (Å²) in [6, 6.07) is 3.50. The molecular weight excluding hydrogens is 194 g/mol. The summed E-state index contributed by atoms with van der Waals surface area (Å²) in [5.74, 6) is 0.921. The lowest BCUT2D eigenvalue weighted by atomic mass is 10.4. The van der Waals surface area contributed by atoms with Crippen molar-refractivity contribution < 1.29 is 4.79 Å². The van der Waals surface area contributed by atoms with Crippen molar-refractivity contribution in [1.82, 2.24) is 4.98 Å². The summed E-state index contributed by atoms with van der Waals surface area (Å²) in [4.78, 5) is 15.3. The van der Waals surface area contributed by atoms with Gasteiger partial charge in [0.15, 0.2) is 6.29 Å². The SMILES string of the molecule is CCSc1ccc(Cl)nc1C=O. The zero-order valence-electron chi connectivity index (χ0n) is 6.58. The summed E-state index contributed by atoms with van der Waals surface area (Å²) in [7, 11) is 0. The Morgan fingerprint density at radius 2 is 2.42 bits per heavy atom. The van der Waals surface area contributed by atoms with Gasteiger partial charge in [0.1, 0.15) is 10.8 Å². The van der Waals surface area contributed by atoms with E-state index in [9.17, 15) is 4.79 Å². The molecule has 2 nitrogen and oxygen atoms in total. The predicted octanol–water partition coefficient (Wildman–Crippen LogP) is 2.66. The molecule has 0 aromatic carbocycles. The summed E-state index contributed by atoms with van der Waals surface area (Å²) in [6.45, 7) is 2.02. The van der Waals surface area contributed by atoms with E-state index in [0.717, 1.165) is 16.9 Å². The van der Waals surface area contributed by atoms with Crippen LogP contribution in [0, 0.1) is 0 Å². The van der Waals surface area contributed by atoms with Crippen LogP contribution < -0.4 is 0 Å². The van der Waals surface area contributed by atoms with Crippen molar-refractivity contribution in [3.63, 3.8) is 0 Å². The molecule has 0 aliphatic heterocycles. The van der Waals surface area contributed by atoms with Gasteiger partial charge in [0.05, 0.1) is 0 Å². The number of rotatable bonds is 3. The molecule has 0 radical (unpaired) electrons. The molecular formula is C8H8ClNOS. The third kappa shape index (κ3) is 2.22. The number of hydrogen-bond donors (Lipinski definition) is 0. The fraction of sp³-hybridized carbons (Fsp3) is 0.250. The van der Waals surface area contributed by atoms with Crippen LogP contribution in [0.1, 0.15) is 17.4 Å². The Morgan fingerprint density at radius 3 is 3.00 bits per heavy atom. The minimum atomic E-state index is 0.359. The molecule has 1 rings (SSSR count). The second kappa shape index (κ2) is 4.48. The molecule has 0 atom stereocenters. The van der Waals surface area contributed by atoms with E-state index in [0.29, 0.717) is 10.8 Å². The summed E-state index contributed by atoms with van der Waals surface area (Å²) in [5, 5.41) is 0.359. The zero-order valence-corrected chi connectivity index (χ0v) is 8.15.